The Bertz CT molecular complexity index is 1390. The molecule has 2 heterocycles. The van der Waals surface area contributed by atoms with Crippen LogP contribution in [0.1, 0.15) is 30.5 Å². The van der Waals surface area contributed by atoms with Crippen LogP contribution in [0.4, 0.5) is 0 Å². The summed E-state index contributed by atoms with van der Waals surface area (Å²) in [5.41, 5.74) is 3.91. The topological polar surface area (TPSA) is 71.1 Å². The molecule has 4 rings (SSSR count). The molecule has 4 aromatic rings. The van der Waals surface area contributed by atoms with Gasteiger partial charge in [-0.2, -0.15) is 0 Å². The molecule has 0 aliphatic carbocycles. The van der Waals surface area contributed by atoms with Gasteiger partial charge in [-0.15, -0.1) is 0 Å². The van der Waals surface area contributed by atoms with Gasteiger partial charge in [-0.3, -0.25) is 9.36 Å². The van der Waals surface area contributed by atoms with Gasteiger partial charge in [-0.25, -0.2) is 14.3 Å². The summed E-state index contributed by atoms with van der Waals surface area (Å²) in [7, 11) is 1.63. The number of fused-ring (bicyclic) bond motifs is 1. The molecule has 0 fully saturated rings. The van der Waals surface area contributed by atoms with Gasteiger partial charge in [0.2, 0.25) is 0 Å². The lowest BCUT2D eigenvalue weighted by molar-refractivity contribution is 0.414. The van der Waals surface area contributed by atoms with Crippen molar-refractivity contribution in [1.29, 1.82) is 0 Å². The Hall–Kier alpha value is -3.61. The second kappa shape index (κ2) is 8.49. The van der Waals surface area contributed by atoms with Crippen molar-refractivity contribution in [2.45, 2.75) is 40.8 Å². The number of aryl methyl sites for hydroxylation is 2. The summed E-state index contributed by atoms with van der Waals surface area (Å²) in [6, 6.07) is 13.6. The van der Waals surface area contributed by atoms with E-state index in [0.29, 0.717) is 24.3 Å². The molecule has 166 valence electrons. The summed E-state index contributed by atoms with van der Waals surface area (Å²) in [4.78, 5) is 31.4. The van der Waals surface area contributed by atoms with Gasteiger partial charge in [0, 0.05) is 13.1 Å². The predicted molar refractivity (Wildman–Crippen MR) is 126 cm³/mol. The van der Waals surface area contributed by atoms with E-state index in [2.05, 4.69) is 4.98 Å². The van der Waals surface area contributed by atoms with Crippen LogP contribution >= 0.6 is 0 Å². The molecule has 2 aromatic heterocycles. The smallest absolute Gasteiger partial charge is 0.337 e. The first-order valence-corrected chi connectivity index (χ1v) is 10.7. The maximum absolute atomic E-state index is 13.5. The maximum Gasteiger partial charge on any atom is 0.337 e. The number of methoxy groups -OCH3 is 1. The molecular weight excluding hydrogens is 404 g/mol. The largest absolute Gasteiger partial charge is 0.497 e. The molecule has 0 N–H and O–H groups in total. The molecule has 0 unspecified atom stereocenters. The van der Waals surface area contributed by atoms with Crippen LogP contribution in [-0.2, 0) is 13.1 Å². The third-order valence-electron chi connectivity index (χ3n) is 5.55. The van der Waals surface area contributed by atoms with Crippen LogP contribution in [0.15, 0.2) is 58.4 Å². The number of hydrogen-bond donors (Lipinski definition) is 0. The number of benzene rings is 2. The fourth-order valence-electron chi connectivity index (χ4n) is 4.03. The molecular formula is C25H28N4O3. The molecule has 0 saturated heterocycles. The van der Waals surface area contributed by atoms with E-state index >= 15 is 0 Å². The Balaban J connectivity index is 1.97. The van der Waals surface area contributed by atoms with Gasteiger partial charge in [0.15, 0.2) is 11.2 Å². The Morgan fingerprint density at radius 2 is 1.75 bits per heavy atom. The van der Waals surface area contributed by atoms with Crippen molar-refractivity contribution in [2.75, 3.05) is 7.11 Å². The lowest BCUT2D eigenvalue weighted by Crippen LogP contribution is -2.41. The van der Waals surface area contributed by atoms with Gasteiger partial charge in [0.25, 0.3) is 5.56 Å². The number of rotatable bonds is 6. The van der Waals surface area contributed by atoms with Crippen molar-refractivity contribution in [3.05, 3.63) is 86.3 Å². The van der Waals surface area contributed by atoms with Gasteiger partial charge in [0.05, 0.1) is 19.1 Å². The first-order valence-electron chi connectivity index (χ1n) is 10.7. The average Bonchev–Trinajstić information content (AvgIpc) is 3.16. The van der Waals surface area contributed by atoms with Gasteiger partial charge in [-0.1, -0.05) is 43.7 Å². The second-order valence-electron chi connectivity index (χ2n) is 8.61. The summed E-state index contributed by atoms with van der Waals surface area (Å²) in [5, 5.41) is 0. The molecule has 7 nitrogen and oxygen atoms in total. The van der Waals surface area contributed by atoms with Crippen molar-refractivity contribution in [3.8, 4) is 11.4 Å². The fraction of sp³-hybridized carbons (Fsp3) is 0.320. The van der Waals surface area contributed by atoms with Crippen LogP contribution in [0.2, 0.25) is 0 Å². The lowest BCUT2D eigenvalue weighted by Gasteiger charge is -2.16. The number of aromatic nitrogens is 4. The predicted octanol–water partition coefficient (Wildman–Crippen LogP) is 3.68. The normalized spacial score (nSPS) is 11.4. The van der Waals surface area contributed by atoms with Crippen LogP contribution in [-0.4, -0.2) is 25.8 Å². The number of ether oxygens (including phenoxy) is 1. The molecule has 0 aliphatic heterocycles. The van der Waals surface area contributed by atoms with E-state index in [1.54, 1.807) is 18.0 Å². The summed E-state index contributed by atoms with van der Waals surface area (Å²) in [6.07, 6.45) is 1.63. The first-order chi connectivity index (χ1) is 15.3. The molecule has 0 aliphatic rings. The highest BCUT2D eigenvalue weighted by atomic mass is 16.5. The minimum atomic E-state index is -0.363. The van der Waals surface area contributed by atoms with E-state index in [-0.39, 0.29) is 17.2 Å². The number of imidazole rings is 1. The summed E-state index contributed by atoms with van der Waals surface area (Å²) < 4.78 is 9.95. The summed E-state index contributed by atoms with van der Waals surface area (Å²) >= 11 is 0. The lowest BCUT2D eigenvalue weighted by atomic mass is 10.1. The summed E-state index contributed by atoms with van der Waals surface area (Å²) in [5.74, 6) is 0.913. The quantitative estimate of drug-likeness (QED) is 0.466. The van der Waals surface area contributed by atoms with E-state index in [4.69, 9.17) is 4.74 Å². The monoisotopic (exact) mass is 432 g/mol. The van der Waals surface area contributed by atoms with Gasteiger partial charge < -0.3 is 9.30 Å². The zero-order valence-corrected chi connectivity index (χ0v) is 19.1. The van der Waals surface area contributed by atoms with E-state index in [0.717, 1.165) is 28.1 Å². The molecule has 0 atom stereocenters. The number of hydrogen-bond acceptors (Lipinski definition) is 4. The van der Waals surface area contributed by atoms with Crippen molar-refractivity contribution >= 4 is 11.2 Å². The van der Waals surface area contributed by atoms with Crippen LogP contribution in [0, 0.1) is 19.8 Å². The van der Waals surface area contributed by atoms with Crippen molar-refractivity contribution in [2.24, 2.45) is 5.92 Å². The third kappa shape index (κ3) is 3.86. The number of nitrogens with zero attached hydrogens (tertiary/aromatic N) is 4. The Morgan fingerprint density at radius 1 is 1.03 bits per heavy atom. The highest BCUT2D eigenvalue weighted by molar-refractivity contribution is 5.73. The van der Waals surface area contributed by atoms with Gasteiger partial charge in [-0.05, 0) is 49.1 Å². The van der Waals surface area contributed by atoms with Crippen molar-refractivity contribution in [1.82, 2.24) is 18.7 Å². The van der Waals surface area contributed by atoms with E-state index < -0.39 is 0 Å². The maximum atomic E-state index is 13.5. The van der Waals surface area contributed by atoms with E-state index in [9.17, 15) is 9.59 Å². The zero-order valence-electron chi connectivity index (χ0n) is 19.1. The second-order valence-corrected chi connectivity index (χ2v) is 8.61. The van der Waals surface area contributed by atoms with Crippen LogP contribution in [0.25, 0.3) is 16.9 Å². The Kier molecular flexibility index (Phi) is 5.74. The molecule has 0 spiro atoms. The zero-order chi connectivity index (χ0) is 23.0. The van der Waals surface area contributed by atoms with E-state index in [1.165, 1.54) is 4.57 Å². The van der Waals surface area contributed by atoms with Gasteiger partial charge >= 0.3 is 5.69 Å². The average molecular weight is 433 g/mol. The Morgan fingerprint density at radius 3 is 2.38 bits per heavy atom. The van der Waals surface area contributed by atoms with E-state index in [1.807, 2.05) is 74.7 Å². The molecule has 0 amide bonds. The summed E-state index contributed by atoms with van der Waals surface area (Å²) in [6.45, 7) is 8.76. The SMILES string of the molecule is COc1ccc(Cn2cnc3c2c(=O)n(CC(C)C)c(=O)n3-c2ccc(C)cc2C)cc1. The van der Waals surface area contributed by atoms with Gasteiger partial charge in [0.1, 0.15) is 5.75 Å². The fourth-order valence-corrected chi connectivity index (χ4v) is 4.03. The first kappa shape index (κ1) is 21.6. The highest BCUT2D eigenvalue weighted by Crippen LogP contribution is 2.19. The molecule has 0 radical (unpaired) electrons. The van der Waals surface area contributed by atoms with Crippen molar-refractivity contribution < 1.29 is 4.74 Å². The minimum Gasteiger partial charge on any atom is -0.497 e. The Labute approximate surface area is 186 Å². The van der Waals surface area contributed by atoms with Crippen molar-refractivity contribution in [3.63, 3.8) is 0 Å². The van der Waals surface area contributed by atoms with Crippen LogP contribution < -0.4 is 16.0 Å². The standard InChI is InChI=1S/C25H28N4O3/c1-16(2)13-28-24(30)22-23(29(25(28)31)21-11-6-17(3)12-18(21)4)26-15-27(22)14-19-7-9-20(32-5)10-8-19/h6-12,15-16H,13-14H2,1-5H3. The third-order valence-corrected chi connectivity index (χ3v) is 5.55. The molecule has 7 heteroatoms. The van der Waals surface area contributed by atoms with Crippen LogP contribution in [0.5, 0.6) is 5.75 Å². The molecule has 0 bridgehead atoms. The highest BCUT2D eigenvalue weighted by Gasteiger charge is 2.20. The minimum absolute atomic E-state index is 0.142. The molecule has 32 heavy (non-hydrogen) atoms. The molecule has 2 aromatic carbocycles. The van der Waals surface area contributed by atoms with Crippen LogP contribution in [0.3, 0.4) is 0 Å². The molecule has 0 saturated carbocycles.